The maximum atomic E-state index is 12.5. The predicted molar refractivity (Wildman–Crippen MR) is 333 cm³/mol. The van der Waals surface area contributed by atoms with E-state index in [1.54, 1.807) is 0 Å². The number of carbonyl (C=O) groups is 2. The lowest BCUT2D eigenvalue weighted by molar-refractivity contribution is -0.143. The first-order valence-corrected chi connectivity index (χ1v) is 34.6. The topological polar surface area (TPSA) is 95.9 Å². The maximum absolute atomic E-state index is 12.5. The van der Waals surface area contributed by atoms with Gasteiger partial charge in [0.2, 0.25) is 5.91 Å². The third-order valence-corrected chi connectivity index (χ3v) is 16.3. The number of allylic oxidation sites excluding steroid dienone is 4. The van der Waals surface area contributed by atoms with Gasteiger partial charge in [0.15, 0.2) is 0 Å². The van der Waals surface area contributed by atoms with E-state index >= 15 is 0 Å². The second-order valence-electron chi connectivity index (χ2n) is 23.9. The van der Waals surface area contributed by atoms with E-state index in [9.17, 15) is 19.8 Å². The normalized spacial score (nSPS) is 12.6. The molecule has 6 nitrogen and oxygen atoms in total. The fourth-order valence-corrected chi connectivity index (χ4v) is 11.0. The van der Waals surface area contributed by atoms with Crippen molar-refractivity contribution in [1.29, 1.82) is 0 Å². The van der Waals surface area contributed by atoms with Gasteiger partial charge >= 0.3 is 5.97 Å². The molecule has 0 saturated carbocycles. The molecule has 0 aromatic carbocycles. The molecular weight excluding hydrogens is 935 g/mol. The van der Waals surface area contributed by atoms with Crippen molar-refractivity contribution in [2.75, 3.05) is 13.2 Å². The molecule has 0 aromatic heterocycles. The lowest BCUT2D eigenvalue weighted by Gasteiger charge is -2.22. The fourth-order valence-electron chi connectivity index (χ4n) is 11.0. The second kappa shape index (κ2) is 65.9. The van der Waals surface area contributed by atoms with Crippen molar-refractivity contribution in [1.82, 2.24) is 5.32 Å². The van der Waals surface area contributed by atoms with Gasteiger partial charge in [0.05, 0.1) is 25.4 Å². The van der Waals surface area contributed by atoms with Crippen molar-refractivity contribution in [3.8, 4) is 0 Å². The summed E-state index contributed by atoms with van der Waals surface area (Å²) in [4.78, 5) is 24.6. The zero-order valence-electron chi connectivity index (χ0n) is 51.5. The van der Waals surface area contributed by atoms with Crippen molar-refractivity contribution in [3.63, 3.8) is 0 Å². The number of hydrogen-bond acceptors (Lipinski definition) is 5. The molecule has 450 valence electrons. The van der Waals surface area contributed by atoms with Crippen LogP contribution >= 0.6 is 0 Å². The first-order chi connectivity index (χ1) is 37.5. The Bertz CT molecular complexity index is 1190. The molecule has 0 bridgehead atoms. The number of aliphatic hydroxyl groups is 2. The minimum absolute atomic E-state index is 0.00536. The van der Waals surface area contributed by atoms with Gasteiger partial charge in [-0.2, -0.15) is 0 Å². The van der Waals surface area contributed by atoms with Gasteiger partial charge in [0, 0.05) is 12.8 Å². The van der Waals surface area contributed by atoms with Gasteiger partial charge in [-0.1, -0.05) is 340 Å². The zero-order chi connectivity index (χ0) is 55.0. The Labute approximate surface area is 475 Å². The Morgan fingerprint density at radius 3 is 1.03 bits per heavy atom. The third kappa shape index (κ3) is 61.6. The van der Waals surface area contributed by atoms with Crippen LogP contribution in [0.3, 0.4) is 0 Å². The van der Waals surface area contributed by atoms with E-state index in [4.69, 9.17) is 4.74 Å². The van der Waals surface area contributed by atoms with Crippen LogP contribution in [0.2, 0.25) is 0 Å². The molecule has 3 N–H and O–H groups in total. The molecule has 2 unspecified atom stereocenters. The molecule has 0 spiro atoms. The highest BCUT2D eigenvalue weighted by Gasteiger charge is 2.20. The highest BCUT2D eigenvalue weighted by Crippen LogP contribution is 2.19. The standard InChI is InChI=1S/C70H135NO5/c1-3-5-7-9-11-13-15-17-19-35-38-42-46-50-54-58-62-68(73)67(66-72)71-69(74)63-59-55-51-47-43-39-36-32-30-28-26-24-22-20-21-23-25-27-29-31-33-37-41-45-49-53-57-61-65-76-70(75)64-60-56-52-48-44-40-34-18-16-14-12-10-8-6-4-2/h12,14,18,34,67-68,72-73H,3-11,13,15-17,19-33,35-66H2,1-2H3,(H,71,74)/b14-12-,34-18-. The summed E-state index contributed by atoms with van der Waals surface area (Å²) in [6.07, 6.45) is 82.2. The van der Waals surface area contributed by atoms with Gasteiger partial charge in [0.1, 0.15) is 0 Å². The monoisotopic (exact) mass is 1070 g/mol. The smallest absolute Gasteiger partial charge is 0.305 e. The quantitative estimate of drug-likeness (QED) is 0.0320. The number of unbranched alkanes of at least 4 members (excludes halogenated alkanes) is 50. The van der Waals surface area contributed by atoms with Crippen molar-refractivity contribution in [3.05, 3.63) is 24.3 Å². The third-order valence-electron chi connectivity index (χ3n) is 16.3. The summed E-state index contributed by atoms with van der Waals surface area (Å²) < 4.78 is 5.49. The summed E-state index contributed by atoms with van der Waals surface area (Å²) in [6.45, 7) is 4.95. The molecular formula is C70H135NO5. The van der Waals surface area contributed by atoms with Crippen LogP contribution in [0.5, 0.6) is 0 Å². The van der Waals surface area contributed by atoms with E-state index in [0.29, 0.717) is 25.9 Å². The summed E-state index contributed by atoms with van der Waals surface area (Å²) in [7, 11) is 0. The van der Waals surface area contributed by atoms with Crippen LogP contribution in [-0.2, 0) is 14.3 Å². The summed E-state index contributed by atoms with van der Waals surface area (Å²) in [6, 6.07) is -0.539. The van der Waals surface area contributed by atoms with Crippen molar-refractivity contribution < 1.29 is 24.5 Å². The first-order valence-electron chi connectivity index (χ1n) is 34.6. The minimum Gasteiger partial charge on any atom is -0.466 e. The van der Waals surface area contributed by atoms with E-state index in [1.165, 1.54) is 302 Å². The summed E-state index contributed by atoms with van der Waals surface area (Å²) in [5.41, 5.74) is 0. The van der Waals surface area contributed by atoms with Crippen LogP contribution in [0.25, 0.3) is 0 Å². The Balaban J connectivity index is 3.34. The summed E-state index contributed by atoms with van der Waals surface area (Å²) in [5.74, 6) is -0.0234. The largest absolute Gasteiger partial charge is 0.466 e. The van der Waals surface area contributed by atoms with Crippen molar-refractivity contribution >= 4 is 11.9 Å². The molecule has 0 fully saturated rings. The molecule has 0 aliphatic heterocycles. The molecule has 0 rings (SSSR count). The molecule has 0 aromatic rings. The average Bonchev–Trinajstić information content (AvgIpc) is 3.42. The van der Waals surface area contributed by atoms with Crippen LogP contribution < -0.4 is 5.32 Å². The molecule has 0 aliphatic rings. The van der Waals surface area contributed by atoms with E-state index in [-0.39, 0.29) is 18.5 Å². The maximum Gasteiger partial charge on any atom is 0.305 e. The fraction of sp³-hybridized carbons (Fsp3) is 0.914. The molecule has 0 heterocycles. The Morgan fingerprint density at radius 2 is 0.658 bits per heavy atom. The van der Waals surface area contributed by atoms with Crippen LogP contribution in [0.4, 0.5) is 0 Å². The highest BCUT2D eigenvalue weighted by molar-refractivity contribution is 5.76. The molecule has 0 radical (unpaired) electrons. The average molecular weight is 1070 g/mol. The number of esters is 1. The van der Waals surface area contributed by atoms with Gasteiger partial charge in [-0.15, -0.1) is 0 Å². The van der Waals surface area contributed by atoms with Crippen LogP contribution in [0.1, 0.15) is 386 Å². The number of hydrogen-bond donors (Lipinski definition) is 3. The van der Waals surface area contributed by atoms with Crippen LogP contribution in [0, 0.1) is 0 Å². The number of ether oxygens (including phenoxy) is 1. The first kappa shape index (κ1) is 74.3. The summed E-state index contributed by atoms with van der Waals surface area (Å²) in [5, 5.41) is 23.3. The van der Waals surface area contributed by atoms with Gasteiger partial charge < -0.3 is 20.3 Å². The number of amides is 1. The van der Waals surface area contributed by atoms with Crippen LogP contribution in [0.15, 0.2) is 24.3 Å². The lowest BCUT2D eigenvalue weighted by atomic mass is 10.0. The molecule has 1 amide bonds. The summed E-state index contributed by atoms with van der Waals surface area (Å²) >= 11 is 0. The Kier molecular flexibility index (Phi) is 64.4. The number of aliphatic hydroxyl groups excluding tert-OH is 2. The molecule has 0 saturated heterocycles. The second-order valence-corrected chi connectivity index (χ2v) is 23.9. The van der Waals surface area contributed by atoms with Crippen molar-refractivity contribution in [2.24, 2.45) is 0 Å². The SMILES string of the molecule is CCCCC/C=C\C/C=C\CCCCCCCC(=O)OCCCCCCCCCCCCCCCCCCCCCCCCCCCCCCC(=O)NC(CO)C(O)CCCCCCCCCCCCCCCCCC. The predicted octanol–water partition coefficient (Wildman–Crippen LogP) is 22.1. The Hall–Kier alpha value is -1.66. The molecule has 76 heavy (non-hydrogen) atoms. The van der Waals surface area contributed by atoms with Gasteiger partial charge in [-0.05, 0) is 57.8 Å². The number of carbonyl (C=O) groups excluding carboxylic acids is 2. The molecule has 0 aliphatic carbocycles. The lowest BCUT2D eigenvalue weighted by Crippen LogP contribution is -2.45. The van der Waals surface area contributed by atoms with Crippen molar-refractivity contribution in [2.45, 2.75) is 398 Å². The van der Waals surface area contributed by atoms with Gasteiger partial charge in [-0.3, -0.25) is 9.59 Å². The van der Waals surface area contributed by atoms with E-state index in [0.717, 1.165) is 51.4 Å². The van der Waals surface area contributed by atoms with Gasteiger partial charge in [0.25, 0.3) is 0 Å². The van der Waals surface area contributed by atoms with E-state index < -0.39 is 12.1 Å². The highest BCUT2D eigenvalue weighted by atomic mass is 16.5. The van der Waals surface area contributed by atoms with Gasteiger partial charge in [-0.25, -0.2) is 0 Å². The Morgan fingerprint density at radius 1 is 0.368 bits per heavy atom. The van der Waals surface area contributed by atoms with E-state index in [2.05, 4.69) is 43.5 Å². The number of rotatable bonds is 65. The molecule has 2 atom stereocenters. The zero-order valence-corrected chi connectivity index (χ0v) is 51.5. The minimum atomic E-state index is -0.662. The van der Waals surface area contributed by atoms with E-state index in [1.807, 2.05) is 0 Å². The number of nitrogens with one attached hydrogen (secondary N) is 1. The molecule has 6 heteroatoms. The van der Waals surface area contributed by atoms with Crippen LogP contribution in [-0.4, -0.2) is 47.4 Å².